The van der Waals surface area contributed by atoms with Crippen molar-refractivity contribution in [3.63, 3.8) is 0 Å². The van der Waals surface area contributed by atoms with Gasteiger partial charge in [0.25, 0.3) is 0 Å². The second kappa shape index (κ2) is 4.26. The fourth-order valence-electron chi connectivity index (χ4n) is 1.28. The van der Waals surface area contributed by atoms with Gasteiger partial charge in [-0.3, -0.25) is 10.1 Å². The predicted octanol–water partition coefficient (Wildman–Crippen LogP) is 2.03. The van der Waals surface area contributed by atoms with Crippen molar-refractivity contribution in [1.82, 2.24) is 4.98 Å². The van der Waals surface area contributed by atoms with E-state index in [-0.39, 0.29) is 16.7 Å². The van der Waals surface area contributed by atoms with Crippen LogP contribution in [0, 0.1) is 0 Å². The predicted molar refractivity (Wildman–Crippen MR) is 55.7 cm³/mol. The first-order chi connectivity index (χ1) is 8.77. The zero-order chi connectivity index (χ0) is 14.2. The van der Waals surface area contributed by atoms with Gasteiger partial charge in [0.1, 0.15) is 5.52 Å². The molecule has 0 saturated heterocycles. The van der Waals surface area contributed by atoms with Crippen LogP contribution in [0.15, 0.2) is 22.6 Å². The van der Waals surface area contributed by atoms with Crippen LogP contribution in [0.1, 0.15) is 10.4 Å². The number of anilines is 1. The van der Waals surface area contributed by atoms with Crippen LogP contribution in [0.5, 0.6) is 0 Å². The highest BCUT2D eigenvalue weighted by Gasteiger charge is 2.39. The largest absolute Gasteiger partial charge is 0.478 e. The van der Waals surface area contributed by atoms with Gasteiger partial charge in [-0.1, -0.05) is 0 Å². The van der Waals surface area contributed by atoms with Crippen molar-refractivity contribution in [2.75, 3.05) is 5.32 Å². The van der Waals surface area contributed by atoms with Crippen molar-refractivity contribution in [2.24, 2.45) is 0 Å². The van der Waals surface area contributed by atoms with Crippen molar-refractivity contribution in [2.45, 2.75) is 6.18 Å². The summed E-state index contributed by atoms with van der Waals surface area (Å²) in [4.78, 5) is 24.9. The molecule has 0 bridgehead atoms. The zero-order valence-corrected chi connectivity index (χ0v) is 8.99. The van der Waals surface area contributed by atoms with E-state index >= 15 is 0 Å². The Morgan fingerprint density at radius 3 is 2.58 bits per heavy atom. The molecule has 0 saturated carbocycles. The van der Waals surface area contributed by atoms with Gasteiger partial charge in [-0.2, -0.15) is 18.2 Å². The number of nitrogens with zero attached hydrogens (tertiary/aromatic N) is 1. The van der Waals surface area contributed by atoms with Gasteiger partial charge in [-0.05, 0) is 18.2 Å². The van der Waals surface area contributed by atoms with Gasteiger partial charge in [0, 0.05) is 0 Å². The molecule has 0 aliphatic carbocycles. The molecule has 6 nitrogen and oxygen atoms in total. The lowest BCUT2D eigenvalue weighted by molar-refractivity contribution is -0.167. The number of carbonyl (C=O) groups excluding carboxylic acids is 1. The van der Waals surface area contributed by atoms with E-state index in [0.29, 0.717) is 0 Å². The minimum atomic E-state index is -5.06. The molecule has 19 heavy (non-hydrogen) atoms. The van der Waals surface area contributed by atoms with Crippen LogP contribution in [-0.4, -0.2) is 28.1 Å². The molecule has 0 aliphatic heterocycles. The Labute approximate surface area is 102 Å². The second-order valence-electron chi connectivity index (χ2n) is 3.46. The van der Waals surface area contributed by atoms with Gasteiger partial charge in [0.15, 0.2) is 5.58 Å². The molecule has 2 aromatic rings. The molecule has 0 atom stereocenters. The third-order valence-corrected chi connectivity index (χ3v) is 2.11. The summed E-state index contributed by atoms with van der Waals surface area (Å²) in [5.41, 5.74) is -0.0304. The number of aromatic carboxylic acids is 1. The van der Waals surface area contributed by atoms with Crippen molar-refractivity contribution in [3.05, 3.63) is 23.8 Å². The number of rotatable bonds is 2. The van der Waals surface area contributed by atoms with Gasteiger partial charge < -0.3 is 9.52 Å². The van der Waals surface area contributed by atoms with E-state index in [9.17, 15) is 22.8 Å². The number of hydrogen-bond acceptors (Lipinski definition) is 4. The Hall–Kier alpha value is -2.58. The van der Waals surface area contributed by atoms with E-state index in [0.717, 1.165) is 6.07 Å². The van der Waals surface area contributed by atoms with Crippen LogP contribution in [-0.2, 0) is 4.79 Å². The molecule has 0 unspecified atom stereocenters. The fraction of sp³-hybridized carbons (Fsp3) is 0.100. The summed E-state index contributed by atoms with van der Waals surface area (Å²) in [6.07, 6.45) is -5.06. The number of benzene rings is 1. The maximum atomic E-state index is 12.0. The normalized spacial score (nSPS) is 11.5. The summed E-state index contributed by atoms with van der Waals surface area (Å²) in [6, 6.07) is 2.90. The monoisotopic (exact) mass is 274 g/mol. The first kappa shape index (κ1) is 12.9. The van der Waals surface area contributed by atoms with Crippen molar-refractivity contribution in [3.8, 4) is 0 Å². The Balaban J connectivity index is 2.32. The molecular weight excluding hydrogens is 269 g/mol. The summed E-state index contributed by atoms with van der Waals surface area (Å²) in [5.74, 6) is -3.45. The first-order valence-electron chi connectivity index (χ1n) is 4.79. The summed E-state index contributed by atoms with van der Waals surface area (Å²) in [6.45, 7) is 0. The number of amides is 1. The van der Waals surface area contributed by atoms with Crippen LogP contribution in [0.25, 0.3) is 11.1 Å². The molecule has 2 rings (SSSR count). The highest BCUT2D eigenvalue weighted by molar-refractivity contribution is 5.95. The lowest BCUT2D eigenvalue weighted by Gasteiger charge is -2.03. The Morgan fingerprint density at radius 1 is 1.32 bits per heavy atom. The van der Waals surface area contributed by atoms with Crippen molar-refractivity contribution < 1.29 is 32.3 Å². The lowest BCUT2D eigenvalue weighted by atomic mass is 10.2. The minimum absolute atomic E-state index is 0.0441. The van der Waals surface area contributed by atoms with Crippen LogP contribution in [0.3, 0.4) is 0 Å². The highest BCUT2D eigenvalue weighted by atomic mass is 19.4. The summed E-state index contributed by atoms with van der Waals surface area (Å²) in [5, 5.41) is 10.2. The number of nitrogens with one attached hydrogen (secondary N) is 1. The molecule has 2 N–H and O–H groups in total. The first-order valence-corrected chi connectivity index (χ1v) is 4.79. The molecule has 0 fully saturated rings. The molecule has 1 aromatic carbocycles. The third kappa shape index (κ3) is 2.64. The van der Waals surface area contributed by atoms with E-state index in [1.807, 2.05) is 0 Å². The summed E-state index contributed by atoms with van der Waals surface area (Å²) >= 11 is 0. The molecule has 100 valence electrons. The Kier molecular flexibility index (Phi) is 2.89. The average Bonchev–Trinajstić information content (AvgIpc) is 2.68. The number of oxazole rings is 1. The number of hydrogen-bond donors (Lipinski definition) is 2. The van der Waals surface area contributed by atoms with Crippen LogP contribution in [0.2, 0.25) is 0 Å². The number of aromatic nitrogens is 1. The van der Waals surface area contributed by atoms with E-state index in [1.54, 1.807) is 0 Å². The quantitative estimate of drug-likeness (QED) is 0.874. The van der Waals surface area contributed by atoms with Crippen molar-refractivity contribution >= 4 is 29.0 Å². The van der Waals surface area contributed by atoms with Gasteiger partial charge in [-0.15, -0.1) is 0 Å². The molecule has 9 heteroatoms. The minimum Gasteiger partial charge on any atom is -0.478 e. The molecular formula is C10H5F3N2O4. The smallest absolute Gasteiger partial charge is 0.471 e. The molecule has 1 amide bonds. The van der Waals surface area contributed by atoms with Gasteiger partial charge in [0.2, 0.25) is 0 Å². The van der Waals surface area contributed by atoms with Gasteiger partial charge in [-0.25, -0.2) is 4.79 Å². The number of fused-ring (bicyclic) bond motifs is 1. The standard InChI is InChI=1S/C10H5F3N2O4/c11-10(12,13)8(18)15-9-14-5-2-1-4(7(16)17)3-6(5)19-9/h1-3H,(H,16,17)(H,14,15,18). The summed E-state index contributed by atoms with van der Waals surface area (Å²) < 4.78 is 40.8. The Bertz CT molecular complexity index is 662. The maximum Gasteiger partial charge on any atom is 0.471 e. The van der Waals surface area contributed by atoms with Crippen LogP contribution < -0.4 is 5.32 Å². The fourth-order valence-corrected chi connectivity index (χ4v) is 1.28. The van der Waals surface area contributed by atoms with Crippen LogP contribution >= 0.6 is 0 Å². The molecule has 1 aromatic heterocycles. The highest BCUT2D eigenvalue weighted by Crippen LogP contribution is 2.22. The third-order valence-electron chi connectivity index (χ3n) is 2.11. The number of halogens is 3. The topological polar surface area (TPSA) is 92.4 Å². The number of carbonyl (C=O) groups is 2. The molecule has 0 radical (unpaired) electrons. The number of carboxylic acids is 1. The van der Waals surface area contributed by atoms with E-state index in [1.165, 1.54) is 17.4 Å². The van der Waals surface area contributed by atoms with E-state index in [4.69, 9.17) is 9.52 Å². The zero-order valence-electron chi connectivity index (χ0n) is 8.99. The van der Waals surface area contributed by atoms with E-state index in [2.05, 4.69) is 4.98 Å². The SMILES string of the molecule is O=C(O)c1ccc2nc(NC(=O)C(F)(F)F)oc2c1. The molecule has 0 aliphatic rings. The Morgan fingerprint density at radius 2 is 2.00 bits per heavy atom. The second-order valence-corrected chi connectivity index (χ2v) is 3.46. The molecule has 1 heterocycles. The number of alkyl halides is 3. The number of carboxylic acid groups (broad SMARTS) is 1. The molecule has 0 spiro atoms. The van der Waals surface area contributed by atoms with E-state index < -0.39 is 24.1 Å². The van der Waals surface area contributed by atoms with Gasteiger partial charge in [0.05, 0.1) is 5.56 Å². The average molecular weight is 274 g/mol. The van der Waals surface area contributed by atoms with Crippen LogP contribution in [0.4, 0.5) is 19.2 Å². The lowest BCUT2D eigenvalue weighted by Crippen LogP contribution is -2.30. The summed E-state index contributed by atoms with van der Waals surface area (Å²) in [7, 11) is 0. The maximum absolute atomic E-state index is 12.0. The van der Waals surface area contributed by atoms with Gasteiger partial charge >= 0.3 is 24.1 Å². The van der Waals surface area contributed by atoms with Crippen molar-refractivity contribution in [1.29, 1.82) is 0 Å².